The predicted octanol–water partition coefficient (Wildman–Crippen LogP) is 2.18. The van der Waals surface area contributed by atoms with Crippen molar-refractivity contribution in [1.82, 2.24) is 14.8 Å². The third-order valence-corrected chi connectivity index (χ3v) is 4.40. The summed E-state index contributed by atoms with van der Waals surface area (Å²) in [5.74, 6) is 0.480. The summed E-state index contributed by atoms with van der Waals surface area (Å²) in [5, 5.41) is 2.93. The van der Waals surface area contributed by atoms with Gasteiger partial charge in [-0.3, -0.25) is 4.90 Å². The van der Waals surface area contributed by atoms with Gasteiger partial charge in [0.1, 0.15) is 5.69 Å². The van der Waals surface area contributed by atoms with Crippen molar-refractivity contribution in [2.75, 3.05) is 38.1 Å². The minimum atomic E-state index is -0.0596. The van der Waals surface area contributed by atoms with Crippen LogP contribution in [0.5, 0.6) is 5.88 Å². The van der Waals surface area contributed by atoms with Crippen molar-refractivity contribution in [2.24, 2.45) is 0 Å². The number of carbonyl (C=O) groups is 1. The summed E-state index contributed by atoms with van der Waals surface area (Å²) in [7, 11) is 0. The first-order chi connectivity index (χ1) is 10.8. The number of aromatic nitrogens is 1. The van der Waals surface area contributed by atoms with E-state index in [-0.39, 0.29) is 6.03 Å². The molecule has 22 heavy (non-hydrogen) atoms. The largest absolute Gasteiger partial charge is 0.476 e. The Morgan fingerprint density at radius 2 is 2.23 bits per heavy atom. The highest BCUT2D eigenvalue weighted by molar-refractivity contribution is 5.90. The van der Waals surface area contributed by atoms with Crippen LogP contribution in [0.25, 0.3) is 0 Å². The first-order valence-corrected chi connectivity index (χ1v) is 8.15. The lowest BCUT2D eigenvalue weighted by Gasteiger charge is -2.23. The summed E-state index contributed by atoms with van der Waals surface area (Å²) in [6.45, 7) is 6.42. The van der Waals surface area contributed by atoms with E-state index in [1.165, 1.54) is 25.9 Å². The number of nitrogens with zero attached hydrogens (tertiary/aromatic N) is 3. The zero-order valence-electron chi connectivity index (χ0n) is 13.1. The number of pyridine rings is 1. The van der Waals surface area contributed by atoms with E-state index in [2.05, 4.69) is 15.2 Å². The maximum Gasteiger partial charge on any atom is 0.322 e. The van der Waals surface area contributed by atoms with E-state index in [4.69, 9.17) is 4.74 Å². The van der Waals surface area contributed by atoms with Crippen LogP contribution in [0.15, 0.2) is 18.3 Å². The second-order valence-electron chi connectivity index (χ2n) is 5.85. The number of likely N-dealkylation sites (tertiary alicyclic amines) is 2. The van der Waals surface area contributed by atoms with Gasteiger partial charge in [-0.2, -0.15) is 0 Å². The molecule has 1 atom stereocenters. The second kappa shape index (κ2) is 6.96. The molecule has 1 N–H and O–H groups in total. The quantitative estimate of drug-likeness (QED) is 0.926. The fourth-order valence-corrected chi connectivity index (χ4v) is 3.26. The second-order valence-corrected chi connectivity index (χ2v) is 5.85. The zero-order valence-corrected chi connectivity index (χ0v) is 13.1. The molecule has 2 aliphatic heterocycles. The van der Waals surface area contributed by atoms with Crippen molar-refractivity contribution < 1.29 is 9.53 Å². The molecule has 0 radical (unpaired) electrons. The molecular weight excluding hydrogens is 280 g/mol. The third-order valence-electron chi connectivity index (χ3n) is 4.40. The number of carbonyl (C=O) groups excluding carboxylic acids is 1. The van der Waals surface area contributed by atoms with Crippen LogP contribution in [-0.2, 0) is 0 Å². The molecule has 1 aromatic heterocycles. The van der Waals surface area contributed by atoms with Gasteiger partial charge in [-0.05, 0) is 51.4 Å². The molecule has 120 valence electrons. The summed E-state index contributed by atoms with van der Waals surface area (Å²) in [6.07, 6.45) is 5.31. The molecule has 0 aliphatic carbocycles. The molecule has 2 amide bonds. The van der Waals surface area contributed by atoms with Crippen LogP contribution in [0.1, 0.15) is 26.2 Å². The number of anilines is 1. The number of urea groups is 1. The first-order valence-electron chi connectivity index (χ1n) is 8.15. The normalized spacial score (nSPS) is 22.0. The maximum absolute atomic E-state index is 12.4. The summed E-state index contributed by atoms with van der Waals surface area (Å²) in [6, 6.07) is 4.09. The molecule has 3 heterocycles. The molecule has 6 heteroatoms. The Kier molecular flexibility index (Phi) is 4.77. The van der Waals surface area contributed by atoms with Gasteiger partial charge in [-0.15, -0.1) is 0 Å². The van der Waals surface area contributed by atoms with Gasteiger partial charge in [0.2, 0.25) is 5.88 Å². The van der Waals surface area contributed by atoms with Gasteiger partial charge in [-0.1, -0.05) is 0 Å². The molecule has 2 aliphatic rings. The van der Waals surface area contributed by atoms with Crippen molar-refractivity contribution in [3.63, 3.8) is 0 Å². The van der Waals surface area contributed by atoms with Gasteiger partial charge in [-0.25, -0.2) is 9.78 Å². The number of nitrogens with one attached hydrogen (secondary N) is 1. The lowest BCUT2D eigenvalue weighted by Crippen LogP contribution is -2.38. The number of rotatable bonds is 4. The fraction of sp³-hybridized carbons (Fsp3) is 0.625. The lowest BCUT2D eigenvalue weighted by atomic mass is 10.2. The minimum absolute atomic E-state index is 0.0596. The molecule has 0 unspecified atom stereocenters. The number of hydrogen-bond acceptors (Lipinski definition) is 4. The van der Waals surface area contributed by atoms with Gasteiger partial charge in [0.05, 0.1) is 6.61 Å². The van der Waals surface area contributed by atoms with E-state index in [1.54, 1.807) is 12.3 Å². The van der Waals surface area contributed by atoms with Crippen molar-refractivity contribution in [3.8, 4) is 5.88 Å². The predicted molar refractivity (Wildman–Crippen MR) is 85.2 cm³/mol. The third kappa shape index (κ3) is 3.32. The Labute approximate surface area is 131 Å². The minimum Gasteiger partial charge on any atom is -0.476 e. The molecule has 2 saturated heterocycles. The van der Waals surface area contributed by atoms with E-state index in [0.29, 0.717) is 24.2 Å². The van der Waals surface area contributed by atoms with Crippen LogP contribution >= 0.6 is 0 Å². The molecule has 6 nitrogen and oxygen atoms in total. The number of ether oxygens (including phenoxy) is 1. The standard InChI is InChI=1S/C16H24N4O2/c1-2-22-15-14(6-5-8-17-15)18-16(21)20-11-7-13(12-20)19-9-3-4-10-19/h5-6,8,13H,2-4,7,9-12H2,1H3,(H,18,21)/t13-/m1/s1. The molecule has 0 spiro atoms. The van der Waals surface area contributed by atoms with E-state index in [0.717, 1.165) is 19.5 Å². The van der Waals surface area contributed by atoms with Crippen LogP contribution in [-0.4, -0.2) is 59.6 Å². The Bertz CT molecular complexity index is 517. The van der Waals surface area contributed by atoms with E-state index < -0.39 is 0 Å². The van der Waals surface area contributed by atoms with Crippen LogP contribution in [0.3, 0.4) is 0 Å². The van der Waals surface area contributed by atoms with Crippen molar-refractivity contribution in [2.45, 2.75) is 32.2 Å². The molecule has 0 bridgehead atoms. The molecule has 0 saturated carbocycles. The summed E-state index contributed by atoms with van der Waals surface area (Å²) < 4.78 is 5.45. The van der Waals surface area contributed by atoms with E-state index in [1.807, 2.05) is 17.9 Å². The Morgan fingerprint density at radius 1 is 1.41 bits per heavy atom. The highest BCUT2D eigenvalue weighted by atomic mass is 16.5. The van der Waals surface area contributed by atoms with Gasteiger partial charge >= 0.3 is 6.03 Å². The van der Waals surface area contributed by atoms with E-state index >= 15 is 0 Å². The molecule has 2 fully saturated rings. The Balaban J connectivity index is 1.58. The van der Waals surface area contributed by atoms with Crippen LogP contribution in [0.2, 0.25) is 0 Å². The summed E-state index contributed by atoms with van der Waals surface area (Å²) in [5.41, 5.74) is 0.638. The molecule has 3 rings (SSSR count). The summed E-state index contributed by atoms with van der Waals surface area (Å²) in [4.78, 5) is 21.0. The first kappa shape index (κ1) is 15.1. The van der Waals surface area contributed by atoms with Gasteiger partial charge in [0, 0.05) is 25.3 Å². The number of amides is 2. The topological polar surface area (TPSA) is 57.7 Å². The van der Waals surface area contributed by atoms with Gasteiger partial charge < -0.3 is 15.0 Å². The monoisotopic (exact) mass is 304 g/mol. The van der Waals surface area contributed by atoms with Crippen molar-refractivity contribution in [1.29, 1.82) is 0 Å². The Hall–Kier alpha value is -1.82. The van der Waals surface area contributed by atoms with Gasteiger partial charge in [0.15, 0.2) is 0 Å². The van der Waals surface area contributed by atoms with Crippen LogP contribution in [0.4, 0.5) is 10.5 Å². The number of hydrogen-bond donors (Lipinski definition) is 1. The fourth-order valence-electron chi connectivity index (χ4n) is 3.26. The maximum atomic E-state index is 12.4. The van der Waals surface area contributed by atoms with Crippen molar-refractivity contribution in [3.05, 3.63) is 18.3 Å². The van der Waals surface area contributed by atoms with E-state index in [9.17, 15) is 4.79 Å². The van der Waals surface area contributed by atoms with Gasteiger partial charge in [0.25, 0.3) is 0 Å². The zero-order chi connectivity index (χ0) is 15.4. The average Bonchev–Trinajstić information content (AvgIpc) is 3.20. The SMILES string of the molecule is CCOc1ncccc1NC(=O)N1CC[C@@H](N2CCCC2)C1. The van der Waals surface area contributed by atoms with Crippen molar-refractivity contribution >= 4 is 11.7 Å². The molecule has 1 aromatic rings. The van der Waals surface area contributed by atoms with Crippen LogP contribution < -0.4 is 10.1 Å². The van der Waals surface area contributed by atoms with Crippen LogP contribution in [0, 0.1) is 0 Å². The average molecular weight is 304 g/mol. The smallest absolute Gasteiger partial charge is 0.322 e. The lowest BCUT2D eigenvalue weighted by molar-refractivity contribution is 0.210. The summed E-state index contributed by atoms with van der Waals surface area (Å²) >= 11 is 0. The molecule has 0 aromatic carbocycles. The Morgan fingerprint density at radius 3 is 3.00 bits per heavy atom. The molecular formula is C16H24N4O2. The highest BCUT2D eigenvalue weighted by Gasteiger charge is 2.31. The highest BCUT2D eigenvalue weighted by Crippen LogP contribution is 2.24.